The molecule has 3 aliphatic heterocycles. The Morgan fingerprint density at radius 2 is 2.03 bits per heavy atom. The minimum atomic E-state index is -0.449. The van der Waals surface area contributed by atoms with E-state index in [4.69, 9.17) is 0 Å². The van der Waals surface area contributed by atoms with Gasteiger partial charge in [-0.05, 0) is 47.1 Å². The van der Waals surface area contributed by atoms with Crippen LogP contribution in [-0.2, 0) is 16.0 Å². The summed E-state index contributed by atoms with van der Waals surface area (Å²) in [5.41, 5.74) is 1.09. The Bertz CT molecular complexity index is 871. The quantitative estimate of drug-likeness (QED) is 0.781. The summed E-state index contributed by atoms with van der Waals surface area (Å²) in [5.74, 6) is 1.11. The molecule has 29 heavy (non-hydrogen) atoms. The molecule has 4 unspecified atom stereocenters. The molecule has 0 radical (unpaired) electrons. The number of likely N-dealkylation sites (tertiary alicyclic amines) is 1. The number of carbonyl (C=O) groups is 2. The van der Waals surface area contributed by atoms with E-state index in [0.717, 1.165) is 37.9 Å². The predicted octanol–water partition coefficient (Wildman–Crippen LogP) is 1.32. The van der Waals surface area contributed by atoms with E-state index in [0.29, 0.717) is 43.2 Å². The molecule has 8 heteroatoms. The van der Waals surface area contributed by atoms with Gasteiger partial charge in [-0.3, -0.25) is 9.59 Å². The predicted molar refractivity (Wildman–Crippen MR) is 105 cm³/mol. The van der Waals surface area contributed by atoms with Gasteiger partial charge >= 0.3 is 0 Å². The molecular formula is C21H26N6O2. The van der Waals surface area contributed by atoms with Crippen LogP contribution >= 0.6 is 0 Å². The zero-order chi connectivity index (χ0) is 19.8. The minimum Gasteiger partial charge on any atom is -0.340 e. The van der Waals surface area contributed by atoms with Crippen LogP contribution in [-0.4, -0.2) is 67.5 Å². The van der Waals surface area contributed by atoms with Crippen molar-refractivity contribution < 1.29 is 9.59 Å². The molecule has 1 aromatic heterocycles. The number of nitrogens with zero attached hydrogens (tertiary/aromatic N) is 6. The molecule has 4 heterocycles. The number of aromatic nitrogens is 4. The summed E-state index contributed by atoms with van der Waals surface area (Å²) in [7, 11) is 0. The second-order valence-electron chi connectivity index (χ2n) is 8.61. The van der Waals surface area contributed by atoms with Crippen LogP contribution in [0.2, 0.25) is 0 Å². The second kappa shape index (κ2) is 7.57. The van der Waals surface area contributed by atoms with Gasteiger partial charge in [-0.25, -0.2) is 4.68 Å². The zero-order valence-electron chi connectivity index (χ0n) is 16.4. The van der Waals surface area contributed by atoms with Crippen LogP contribution in [0.5, 0.6) is 0 Å². The average Bonchev–Trinajstić information content (AvgIpc) is 3.27. The summed E-state index contributed by atoms with van der Waals surface area (Å²) >= 11 is 0. The van der Waals surface area contributed by atoms with Gasteiger partial charge in [0.25, 0.3) is 0 Å². The number of benzene rings is 1. The van der Waals surface area contributed by atoms with Gasteiger partial charge in [0.1, 0.15) is 12.4 Å². The molecule has 0 saturated carbocycles. The van der Waals surface area contributed by atoms with Crippen molar-refractivity contribution >= 4 is 11.8 Å². The molecule has 5 rings (SSSR count). The maximum atomic E-state index is 13.6. The zero-order valence-corrected chi connectivity index (χ0v) is 16.4. The van der Waals surface area contributed by atoms with Crippen LogP contribution in [0.3, 0.4) is 0 Å². The van der Waals surface area contributed by atoms with Gasteiger partial charge in [0, 0.05) is 38.5 Å². The maximum Gasteiger partial charge on any atom is 0.247 e. The number of tetrazole rings is 1. The summed E-state index contributed by atoms with van der Waals surface area (Å²) in [4.78, 5) is 30.1. The molecule has 2 aromatic rings. The Kier molecular flexibility index (Phi) is 4.77. The lowest BCUT2D eigenvalue weighted by Crippen LogP contribution is -2.61. The third kappa shape index (κ3) is 3.52. The van der Waals surface area contributed by atoms with Gasteiger partial charge in [0.05, 0.1) is 0 Å². The SMILES string of the molecule is O=C(C(Cc1ccccc1)n1cnnn1)N1CC2CC(C1)C1CCCC(=O)N1C2. The first kappa shape index (κ1) is 18.3. The molecule has 3 saturated heterocycles. The fourth-order valence-electron chi connectivity index (χ4n) is 5.44. The minimum absolute atomic E-state index is 0.0754. The van der Waals surface area contributed by atoms with Crippen molar-refractivity contribution in [2.75, 3.05) is 19.6 Å². The topological polar surface area (TPSA) is 84.2 Å². The molecule has 0 N–H and O–H groups in total. The highest BCUT2D eigenvalue weighted by atomic mass is 16.2. The summed E-state index contributed by atoms with van der Waals surface area (Å²) in [5, 5.41) is 11.5. The molecule has 3 aliphatic rings. The van der Waals surface area contributed by atoms with Crippen LogP contribution in [0, 0.1) is 11.8 Å². The standard InChI is InChI=1S/C21H26N6O2/c28-20-8-4-7-18-17-9-16(12-26(18)20)11-25(13-17)21(29)19(27-14-22-23-24-27)10-15-5-2-1-3-6-15/h1-3,5-6,14,16-19H,4,7-13H2. The Labute approximate surface area is 169 Å². The molecule has 2 amide bonds. The molecule has 2 bridgehead atoms. The molecule has 4 atom stereocenters. The number of carbonyl (C=O) groups excluding carboxylic acids is 2. The highest BCUT2D eigenvalue weighted by Crippen LogP contribution is 2.38. The summed E-state index contributed by atoms with van der Waals surface area (Å²) in [6, 6.07) is 9.84. The second-order valence-corrected chi connectivity index (χ2v) is 8.61. The highest BCUT2D eigenvalue weighted by Gasteiger charge is 2.45. The van der Waals surface area contributed by atoms with Gasteiger partial charge in [-0.1, -0.05) is 30.3 Å². The Hall–Kier alpha value is -2.77. The number of piperidine rings is 3. The van der Waals surface area contributed by atoms with Crippen LogP contribution < -0.4 is 0 Å². The fraction of sp³-hybridized carbons (Fsp3) is 0.571. The van der Waals surface area contributed by atoms with Crippen molar-refractivity contribution in [2.24, 2.45) is 11.8 Å². The monoisotopic (exact) mass is 394 g/mol. The highest BCUT2D eigenvalue weighted by molar-refractivity contribution is 5.81. The molecule has 0 spiro atoms. The van der Waals surface area contributed by atoms with Crippen LogP contribution in [0.4, 0.5) is 0 Å². The van der Waals surface area contributed by atoms with E-state index in [-0.39, 0.29) is 5.91 Å². The molecular weight excluding hydrogens is 368 g/mol. The Morgan fingerprint density at radius 3 is 2.83 bits per heavy atom. The lowest BCUT2D eigenvalue weighted by atomic mass is 9.76. The van der Waals surface area contributed by atoms with Crippen molar-refractivity contribution in [1.82, 2.24) is 30.0 Å². The van der Waals surface area contributed by atoms with Gasteiger partial charge in [0.15, 0.2) is 0 Å². The van der Waals surface area contributed by atoms with E-state index >= 15 is 0 Å². The Morgan fingerprint density at radius 1 is 1.17 bits per heavy atom. The van der Waals surface area contributed by atoms with Crippen molar-refractivity contribution in [3.05, 3.63) is 42.2 Å². The number of amides is 2. The van der Waals surface area contributed by atoms with E-state index in [9.17, 15) is 9.59 Å². The number of hydrogen-bond acceptors (Lipinski definition) is 5. The normalized spacial score (nSPS) is 27.4. The summed E-state index contributed by atoms with van der Waals surface area (Å²) < 4.78 is 1.58. The van der Waals surface area contributed by atoms with Crippen LogP contribution in [0.1, 0.15) is 37.3 Å². The van der Waals surface area contributed by atoms with E-state index < -0.39 is 6.04 Å². The largest absolute Gasteiger partial charge is 0.340 e. The van der Waals surface area contributed by atoms with E-state index in [1.54, 1.807) is 4.68 Å². The summed E-state index contributed by atoms with van der Waals surface area (Å²) in [6.07, 6.45) is 5.91. The lowest BCUT2D eigenvalue weighted by molar-refractivity contribution is -0.150. The van der Waals surface area contributed by atoms with Crippen molar-refractivity contribution in [1.29, 1.82) is 0 Å². The molecule has 0 aliphatic carbocycles. The fourth-order valence-corrected chi connectivity index (χ4v) is 5.44. The van der Waals surface area contributed by atoms with Crippen molar-refractivity contribution in [3.8, 4) is 0 Å². The van der Waals surface area contributed by atoms with Crippen LogP contribution in [0.15, 0.2) is 36.7 Å². The summed E-state index contributed by atoms with van der Waals surface area (Å²) in [6.45, 7) is 2.22. The Balaban J connectivity index is 1.36. The van der Waals surface area contributed by atoms with Crippen molar-refractivity contribution in [2.45, 2.75) is 44.2 Å². The van der Waals surface area contributed by atoms with E-state index in [1.165, 1.54) is 6.33 Å². The molecule has 3 fully saturated rings. The van der Waals surface area contributed by atoms with Gasteiger partial charge in [-0.2, -0.15) is 0 Å². The van der Waals surface area contributed by atoms with E-state index in [1.807, 2.05) is 35.2 Å². The number of fused-ring (bicyclic) bond motifs is 4. The van der Waals surface area contributed by atoms with Crippen molar-refractivity contribution in [3.63, 3.8) is 0 Å². The molecule has 152 valence electrons. The van der Waals surface area contributed by atoms with Crippen LogP contribution in [0.25, 0.3) is 0 Å². The van der Waals surface area contributed by atoms with Gasteiger partial charge in [0.2, 0.25) is 11.8 Å². The average molecular weight is 394 g/mol. The van der Waals surface area contributed by atoms with Gasteiger partial charge < -0.3 is 9.80 Å². The number of rotatable bonds is 4. The maximum absolute atomic E-state index is 13.6. The first-order valence-electron chi connectivity index (χ1n) is 10.5. The smallest absolute Gasteiger partial charge is 0.247 e. The third-order valence-corrected chi connectivity index (χ3v) is 6.73. The molecule has 1 aromatic carbocycles. The molecule has 8 nitrogen and oxygen atoms in total. The first-order chi connectivity index (χ1) is 14.2. The third-order valence-electron chi connectivity index (χ3n) is 6.73. The lowest BCUT2D eigenvalue weighted by Gasteiger charge is -2.52. The number of hydrogen-bond donors (Lipinski definition) is 0. The first-order valence-corrected chi connectivity index (χ1v) is 10.5. The van der Waals surface area contributed by atoms with E-state index in [2.05, 4.69) is 20.4 Å². The van der Waals surface area contributed by atoms with Gasteiger partial charge in [-0.15, -0.1) is 5.10 Å².